The third-order valence-corrected chi connectivity index (χ3v) is 2.23. The van der Waals surface area contributed by atoms with Gasteiger partial charge in [-0.1, -0.05) is 18.2 Å². The molecular formula is C11H10F2N2O. The van der Waals surface area contributed by atoms with Crippen molar-refractivity contribution in [3.63, 3.8) is 0 Å². The minimum absolute atomic E-state index is 0.193. The number of alkyl halides is 2. The second-order valence-electron chi connectivity index (χ2n) is 3.32. The summed E-state index contributed by atoms with van der Waals surface area (Å²) in [6.07, 6.45) is 3.19. The molecule has 1 N–H and O–H groups in total. The van der Waals surface area contributed by atoms with Gasteiger partial charge in [0.2, 0.25) is 0 Å². The van der Waals surface area contributed by atoms with E-state index in [0.29, 0.717) is 11.1 Å². The van der Waals surface area contributed by atoms with Crippen molar-refractivity contribution in [3.05, 3.63) is 36.2 Å². The SMILES string of the molecule is Cc1cccc(-c2cn[nH]c2)c1OC(F)F. The summed E-state index contributed by atoms with van der Waals surface area (Å²) in [7, 11) is 0. The summed E-state index contributed by atoms with van der Waals surface area (Å²) in [5.41, 5.74) is 1.99. The Labute approximate surface area is 91.1 Å². The summed E-state index contributed by atoms with van der Waals surface area (Å²) in [5, 5.41) is 6.42. The Bertz CT molecular complexity index is 469. The van der Waals surface area contributed by atoms with E-state index in [2.05, 4.69) is 14.9 Å². The molecule has 2 aromatic rings. The zero-order valence-electron chi connectivity index (χ0n) is 8.58. The molecule has 1 aromatic carbocycles. The molecule has 0 aliphatic heterocycles. The molecule has 0 atom stereocenters. The second kappa shape index (κ2) is 4.30. The van der Waals surface area contributed by atoms with Gasteiger partial charge in [-0.3, -0.25) is 5.10 Å². The van der Waals surface area contributed by atoms with Crippen LogP contribution in [0, 0.1) is 6.92 Å². The van der Waals surface area contributed by atoms with Crippen molar-refractivity contribution in [2.24, 2.45) is 0 Å². The Kier molecular flexibility index (Phi) is 2.85. The number of halogens is 2. The van der Waals surface area contributed by atoms with Gasteiger partial charge in [-0.25, -0.2) is 0 Å². The number of hydrogen-bond acceptors (Lipinski definition) is 2. The van der Waals surface area contributed by atoms with Crippen LogP contribution in [-0.4, -0.2) is 16.8 Å². The average molecular weight is 224 g/mol. The normalized spacial score (nSPS) is 10.8. The number of para-hydroxylation sites is 1. The number of H-pyrrole nitrogens is 1. The molecule has 3 nitrogen and oxygen atoms in total. The van der Waals surface area contributed by atoms with Crippen molar-refractivity contribution < 1.29 is 13.5 Å². The Morgan fingerprint density at radius 2 is 2.19 bits per heavy atom. The zero-order valence-corrected chi connectivity index (χ0v) is 8.58. The maximum absolute atomic E-state index is 12.3. The summed E-state index contributed by atoms with van der Waals surface area (Å²) < 4.78 is 29.1. The minimum Gasteiger partial charge on any atom is -0.434 e. The van der Waals surface area contributed by atoms with Gasteiger partial charge in [-0.2, -0.15) is 13.9 Å². The van der Waals surface area contributed by atoms with Gasteiger partial charge in [0.1, 0.15) is 5.75 Å². The summed E-state index contributed by atoms with van der Waals surface area (Å²) >= 11 is 0. The fraction of sp³-hybridized carbons (Fsp3) is 0.182. The van der Waals surface area contributed by atoms with Crippen LogP contribution in [0.5, 0.6) is 5.75 Å². The number of aryl methyl sites for hydroxylation is 1. The lowest BCUT2D eigenvalue weighted by atomic mass is 10.1. The number of aromatic amines is 1. The van der Waals surface area contributed by atoms with Crippen LogP contribution in [0.25, 0.3) is 11.1 Å². The molecule has 2 rings (SSSR count). The third kappa shape index (κ3) is 2.03. The Hall–Kier alpha value is -1.91. The molecule has 16 heavy (non-hydrogen) atoms. The molecular weight excluding hydrogens is 214 g/mol. The highest BCUT2D eigenvalue weighted by Crippen LogP contribution is 2.33. The van der Waals surface area contributed by atoms with Crippen molar-refractivity contribution in [1.82, 2.24) is 10.2 Å². The molecule has 0 amide bonds. The maximum Gasteiger partial charge on any atom is 0.387 e. The Morgan fingerprint density at radius 3 is 2.81 bits per heavy atom. The number of aromatic nitrogens is 2. The largest absolute Gasteiger partial charge is 0.434 e. The molecule has 0 spiro atoms. The van der Waals surface area contributed by atoms with Crippen molar-refractivity contribution in [1.29, 1.82) is 0 Å². The van der Waals surface area contributed by atoms with Gasteiger partial charge in [0.05, 0.1) is 6.20 Å². The number of rotatable bonds is 3. The Morgan fingerprint density at radius 1 is 1.38 bits per heavy atom. The topological polar surface area (TPSA) is 37.9 Å². The van der Waals surface area contributed by atoms with Gasteiger partial charge >= 0.3 is 6.61 Å². The quantitative estimate of drug-likeness (QED) is 0.870. The number of nitrogens with one attached hydrogen (secondary N) is 1. The molecule has 0 aliphatic carbocycles. The van der Waals surface area contributed by atoms with Crippen molar-refractivity contribution in [2.45, 2.75) is 13.5 Å². The molecule has 0 unspecified atom stereocenters. The van der Waals surface area contributed by atoms with Gasteiger partial charge in [0.25, 0.3) is 0 Å². The van der Waals surface area contributed by atoms with Crippen LogP contribution in [0.3, 0.4) is 0 Å². The number of ether oxygens (including phenoxy) is 1. The van der Waals surface area contributed by atoms with Crippen LogP contribution in [0.15, 0.2) is 30.6 Å². The van der Waals surface area contributed by atoms with Crippen molar-refractivity contribution in [2.75, 3.05) is 0 Å². The van der Waals surface area contributed by atoms with E-state index < -0.39 is 6.61 Å². The van der Waals surface area contributed by atoms with Crippen LogP contribution in [0.1, 0.15) is 5.56 Å². The minimum atomic E-state index is -2.83. The molecule has 0 bridgehead atoms. The van der Waals surface area contributed by atoms with E-state index in [0.717, 1.165) is 5.56 Å². The first-order valence-electron chi connectivity index (χ1n) is 4.72. The van der Waals surface area contributed by atoms with E-state index in [1.54, 1.807) is 37.5 Å². The first-order chi connectivity index (χ1) is 7.68. The molecule has 0 fully saturated rings. The molecule has 84 valence electrons. The van der Waals surface area contributed by atoms with Crippen LogP contribution >= 0.6 is 0 Å². The van der Waals surface area contributed by atoms with E-state index in [4.69, 9.17) is 0 Å². The van der Waals surface area contributed by atoms with Gasteiger partial charge < -0.3 is 4.74 Å². The van der Waals surface area contributed by atoms with Crippen LogP contribution in [0.2, 0.25) is 0 Å². The first-order valence-corrected chi connectivity index (χ1v) is 4.72. The second-order valence-corrected chi connectivity index (χ2v) is 3.32. The third-order valence-electron chi connectivity index (χ3n) is 2.23. The zero-order chi connectivity index (χ0) is 11.5. The summed E-state index contributed by atoms with van der Waals surface area (Å²) in [6.45, 7) is -1.10. The van der Waals surface area contributed by atoms with Crippen LogP contribution in [-0.2, 0) is 0 Å². The fourth-order valence-electron chi connectivity index (χ4n) is 1.52. The highest BCUT2D eigenvalue weighted by Gasteiger charge is 2.13. The highest BCUT2D eigenvalue weighted by atomic mass is 19.3. The fourth-order valence-corrected chi connectivity index (χ4v) is 1.52. The Balaban J connectivity index is 2.48. The predicted octanol–water partition coefficient (Wildman–Crippen LogP) is 2.99. The van der Waals surface area contributed by atoms with Crippen molar-refractivity contribution in [3.8, 4) is 16.9 Å². The molecule has 0 aliphatic rings. The number of hydrogen-bond donors (Lipinski definition) is 1. The summed E-state index contributed by atoms with van der Waals surface area (Å²) in [6, 6.07) is 5.23. The lowest BCUT2D eigenvalue weighted by Crippen LogP contribution is -2.04. The molecule has 1 aromatic heterocycles. The van der Waals surface area contributed by atoms with Gasteiger partial charge in [0.15, 0.2) is 0 Å². The van der Waals surface area contributed by atoms with E-state index >= 15 is 0 Å². The lowest BCUT2D eigenvalue weighted by Gasteiger charge is -2.11. The average Bonchev–Trinajstić information content (AvgIpc) is 2.73. The standard InChI is InChI=1S/C11H10F2N2O/c1-7-3-2-4-9(8-5-14-15-6-8)10(7)16-11(12)13/h2-6,11H,1H3,(H,14,15). The summed E-state index contributed by atoms with van der Waals surface area (Å²) in [5.74, 6) is 0.193. The summed E-state index contributed by atoms with van der Waals surface area (Å²) in [4.78, 5) is 0. The van der Waals surface area contributed by atoms with Crippen LogP contribution < -0.4 is 4.74 Å². The highest BCUT2D eigenvalue weighted by molar-refractivity contribution is 5.70. The molecule has 0 radical (unpaired) electrons. The predicted molar refractivity (Wildman–Crippen MR) is 55.4 cm³/mol. The van der Waals surface area contributed by atoms with Crippen LogP contribution in [0.4, 0.5) is 8.78 Å². The molecule has 0 saturated carbocycles. The van der Waals surface area contributed by atoms with E-state index in [1.165, 1.54) is 0 Å². The van der Waals surface area contributed by atoms with Gasteiger partial charge in [-0.15, -0.1) is 0 Å². The first kappa shape index (κ1) is 10.6. The molecule has 1 heterocycles. The van der Waals surface area contributed by atoms with E-state index in [1.807, 2.05) is 0 Å². The van der Waals surface area contributed by atoms with Crippen molar-refractivity contribution >= 4 is 0 Å². The van der Waals surface area contributed by atoms with Gasteiger partial charge in [0, 0.05) is 17.3 Å². The van der Waals surface area contributed by atoms with E-state index in [9.17, 15) is 8.78 Å². The molecule has 0 saturated heterocycles. The molecule has 5 heteroatoms. The maximum atomic E-state index is 12.3. The monoisotopic (exact) mass is 224 g/mol. The number of nitrogens with zero attached hydrogens (tertiary/aromatic N) is 1. The number of benzene rings is 1. The smallest absolute Gasteiger partial charge is 0.387 e. The van der Waals surface area contributed by atoms with E-state index in [-0.39, 0.29) is 5.75 Å². The van der Waals surface area contributed by atoms with Gasteiger partial charge in [-0.05, 0) is 12.5 Å². The lowest BCUT2D eigenvalue weighted by molar-refractivity contribution is -0.0498.